The van der Waals surface area contributed by atoms with Gasteiger partial charge in [-0.05, 0) is 40.2 Å². The molecule has 7 radical (unpaired) electrons. The van der Waals surface area contributed by atoms with E-state index in [4.69, 9.17) is 24.4 Å². The first-order chi connectivity index (χ1) is 21.1. The Labute approximate surface area is 695 Å². The smallest absolute Gasteiger partial charge is 0.507 e. The minimum absolute atomic E-state index is 0. The monoisotopic (exact) mass is 2000 g/mol. The maximum absolute atomic E-state index is 4.88. The summed E-state index contributed by atoms with van der Waals surface area (Å²) in [7, 11) is 0. The van der Waals surface area contributed by atoms with Gasteiger partial charge in [-0.25, -0.2) is 0 Å². The Bertz CT molecular complexity index is 639. The molecule has 0 aromatic heterocycles. The van der Waals surface area contributed by atoms with E-state index in [2.05, 4.69) is 126 Å². The second-order valence-electron chi connectivity index (χ2n) is 10.2. The number of thioether (sulfide) groups is 4. The fraction of sp³-hybridized carbons (Fsp3) is 0.673. The molecule has 0 aliphatic rings. The Morgan fingerprint density at radius 3 is 0.580 bits per heavy atom. The van der Waals surface area contributed by atoms with Crippen LogP contribution in [0.4, 0.5) is 0 Å². The molecular weight excluding hydrogens is 1870 g/mol. The largest absolute Gasteiger partial charge is 2.00 e. The van der Waals surface area contributed by atoms with E-state index < -0.39 is 0 Å². The third kappa shape index (κ3) is 387. The first kappa shape index (κ1) is 208. The Kier molecular flexibility index (Phi) is 581. The van der Waals surface area contributed by atoms with Crippen LogP contribution in [0.25, 0.3) is 0 Å². The molecule has 0 aliphatic heterocycles. The van der Waals surface area contributed by atoms with E-state index in [1.807, 2.05) is 40.2 Å². The zero-order chi connectivity index (χ0) is 38.7. The van der Waals surface area contributed by atoms with Crippen LogP contribution in [0.2, 0.25) is 0 Å². The van der Waals surface area contributed by atoms with Gasteiger partial charge in [0.2, 0.25) is 0 Å². The average molecular weight is 2000 g/mol. The maximum Gasteiger partial charge on any atom is 2.00 e. The molecule has 0 nitrogen and oxygen atoms in total. The molecule has 0 amide bonds. The summed E-state index contributed by atoms with van der Waals surface area (Å²) in [4.78, 5) is 0. The average Bonchev–Trinajstić information content (AvgIpc) is 2.94. The Hall–Kier alpha value is 10.3. The summed E-state index contributed by atoms with van der Waals surface area (Å²) in [6, 6.07) is 0. The zero-order valence-corrected chi connectivity index (χ0v) is 74.5. The quantitative estimate of drug-likeness (QED) is 0.163. The molecule has 421 valence electrons. The molecule has 0 aromatic rings. The van der Waals surface area contributed by atoms with Crippen LogP contribution in [0.1, 0.15) is 230 Å². The number of thiocarbonyl (C=S) groups is 4. The van der Waals surface area contributed by atoms with E-state index in [-0.39, 0.29) is 375 Å². The van der Waals surface area contributed by atoms with Crippen molar-refractivity contribution in [3.8, 4) is 0 Å². The normalized spacial score (nSPS) is 5.97. The molecule has 0 rings (SSSR count). The Morgan fingerprint density at radius 2 is 0.536 bits per heavy atom. The van der Waals surface area contributed by atoms with Crippen molar-refractivity contribution in [2.75, 3.05) is 12.5 Å². The first-order valence-electron chi connectivity index (χ1n) is 15.5. The fourth-order valence-electron chi connectivity index (χ4n) is 1.43. The van der Waals surface area contributed by atoms with E-state index in [0.717, 1.165) is 29.6 Å². The SMILES string of the molecule is C.C.C.C.C.C.C.C.C.C.C=[C-]C.C=[C-]C.CC[C-](C)C.CC[C-](C)SC(C)=S.CC[C-](C)SC(C)=S.CSC(C)=S.CSC(C)=S.C[C-](C)CCC[C-](C)C.[CH3-].[CH3-].[CH3-].[CH3-].[W+2].[W+2].[Y].[Y].[Y].[Y].[Y].[Y].[Y]. The minimum Gasteiger partial charge on any atom is -0.507 e. The standard InChI is InChI=1S/C9H18.2C6H11S2.C5H11.2C3H6S2.2C3H5.10CH4.4CH3.2W.7Y/c1-8(2)6-5-7-9(3)4;2*1-4-5(2)8-6(3)7;1-4-5(2)3;2*1-3(4)5-2;2*1-3-2;;;;;;;;;;;;;;;;;;;;;;;/h5-7H2,1-4H3;2*4H2,1-3H3;4H2,1-3H3;2*1-2H3;2*1H2,2H3;10*1H4;4*1H3;;;;;;;;;/q-2;3*-1;;;2*-1;;;;;;;;;;;4*-1;2*+2;;;;;;;. The third-order valence-corrected chi connectivity index (χ3v) is 8.77. The van der Waals surface area contributed by atoms with Crippen LogP contribution in [0.5, 0.6) is 0 Å². The van der Waals surface area contributed by atoms with E-state index in [1.165, 1.54) is 42.1 Å². The molecule has 0 bridgehead atoms. The van der Waals surface area contributed by atoms with Crippen LogP contribution in [-0.2, 0) is 271 Å². The van der Waals surface area contributed by atoms with Crippen LogP contribution in [-0.4, -0.2) is 29.3 Å². The van der Waals surface area contributed by atoms with Gasteiger partial charge < -0.3 is 83.1 Å². The molecule has 0 saturated heterocycles. The minimum atomic E-state index is 0. The van der Waals surface area contributed by atoms with Crippen molar-refractivity contribution in [3.05, 3.63) is 83.3 Å². The third-order valence-electron chi connectivity index (χ3n) is 4.27. The van der Waals surface area contributed by atoms with Crippen LogP contribution in [0.15, 0.2) is 13.2 Å². The fourth-order valence-corrected chi connectivity index (χ4v) is 3.55. The van der Waals surface area contributed by atoms with Gasteiger partial charge in [-0.1, -0.05) is 144 Å². The van der Waals surface area contributed by atoms with Gasteiger partial charge in [0.15, 0.2) is 0 Å². The Morgan fingerprint density at radius 1 is 0.406 bits per heavy atom. The van der Waals surface area contributed by atoms with Crippen molar-refractivity contribution in [2.24, 2.45) is 0 Å². The van der Waals surface area contributed by atoms with Crippen molar-refractivity contribution in [3.63, 3.8) is 0 Å². The summed E-state index contributed by atoms with van der Waals surface area (Å²) in [5.74, 6) is 4.61. The summed E-state index contributed by atoms with van der Waals surface area (Å²) in [5, 5.41) is 2.80. The van der Waals surface area contributed by atoms with Gasteiger partial charge in [0.05, 0.1) is 0 Å². The predicted octanol–water partition coefficient (Wildman–Crippen LogP) is 25.0. The molecular formula is C52H125S8W2Y7-7. The van der Waals surface area contributed by atoms with Gasteiger partial charge in [-0.2, -0.15) is 101 Å². The number of rotatable bonds is 9. The summed E-state index contributed by atoms with van der Waals surface area (Å²) in [6.07, 6.45) is 16.4. The van der Waals surface area contributed by atoms with Crippen LogP contribution in [0, 0.1) is 70.1 Å². The van der Waals surface area contributed by atoms with Crippen molar-refractivity contribution >= 4 is 113 Å². The van der Waals surface area contributed by atoms with E-state index in [0.29, 0.717) is 0 Å². The van der Waals surface area contributed by atoms with Crippen molar-refractivity contribution in [2.45, 2.75) is 230 Å². The zero-order valence-electron chi connectivity index (χ0n) is 42.3. The van der Waals surface area contributed by atoms with Crippen LogP contribution < -0.4 is 0 Å². The van der Waals surface area contributed by atoms with E-state index >= 15 is 0 Å². The molecule has 0 aromatic carbocycles. The van der Waals surface area contributed by atoms with Crippen molar-refractivity contribution in [1.29, 1.82) is 0 Å². The molecule has 0 fully saturated rings. The van der Waals surface area contributed by atoms with Crippen molar-refractivity contribution < 1.29 is 271 Å². The summed E-state index contributed by atoms with van der Waals surface area (Å²) in [5.41, 5.74) is 0. The van der Waals surface area contributed by atoms with Gasteiger partial charge >= 0.3 is 42.1 Å². The van der Waals surface area contributed by atoms with E-state index in [9.17, 15) is 0 Å². The van der Waals surface area contributed by atoms with E-state index in [1.54, 1.807) is 72.7 Å². The van der Waals surface area contributed by atoms with Gasteiger partial charge in [-0.3, -0.25) is 23.7 Å². The number of hydrogen-bond acceptors (Lipinski definition) is 8. The number of hydrogen-bond donors (Lipinski definition) is 0. The summed E-state index contributed by atoms with van der Waals surface area (Å²) >= 11 is 25.7. The first-order valence-corrected chi connectivity index (χ1v) is 21.2. The van der Waals surface area contributed by atoms with Gasteiger partial charge in [0, 0.05) is 246 Å². The molecule has 0 spiro atoms. The van der Waals surface area contributed by atoms with Gasteiger partial charge in [-0.15, -0.1) is 29.9 Å². The molecule has 69 heavy (non-hydrogen) atoms. The van der Waals surface area contributed by atoms with Gasteiger partial charge in [0.25, 0.3) is 0 Å². The maximum atomic E-state index is 4.88. The molecule has 0 N–H and O–H groups in total. The second-order valence-corrected chi connectivity index (χ2v) is 18.8. The second kappa shape index (κ2) is 192. The predicted molar refractivity (Wildman–Crippen MR) is 344 cm³/mol. The van der Waals surface area contributed by atoms with Crippen LogP contribution >= 0.6 is 95.9 Å². The molecule has 0 aliphatic carbocycles. The number of allylic oxidation sites excluding steroid dienone is 2. The Balaban J connectivity index is -0.00000000801. The molecule has 17 heteroatoms. The molecule has 0 atom stereocenters. The topological polar surface area (TPSA) is 0 Å². The summed E-state index contributed by atoms with van der Waals surface area (Å²) in [6.45, 7) is 41.5. The molecule has 0 saturated carbocycles. The molecule has 0 heterocycles. The molecule has 0 unspecified atom stereocenters. The van der Waals surface area contributed by atoms with Gasteiger partial charge in [0.1, 0.15) is 0 Å². The van der Waals surface area contributed by atoms with Crippen LogP contribution in [0.3, 0.4) is 0 Å². The summed E-state index contributed by atoms with van der Waals surface area (Å²) < 4.78 is 4.05. The van der Waals surface area contributed by atoms with Crippen molar-refractivity contribution in [1.82, 2.24) is 0 Å².